The molecule has 1 saturated heterocycles. The molecule has 0 aromatic heterocycles. The second-order valence-electron chi connectivity index (χ2n) is 7.72. The Bertz CT molecular complexity index is 536. The van der Waals surface area contributed by atoms with Crippen LogP contribution >= 0.6 is 0 Å². The summed E-state index contributed by atoms with van der Waals surface area (Å²) in [6.45, 7) is 5.50. The van der Waals surface area contributed by atoms with E-state index in [0.29, 0.717) is 18.9 Å². The third-order valence-electron chi connectivity index (χ3n) is 5.97. The van der Waals surface area contributed by atoms with Gasteiger partial charge in [0.2, 0.25) is 5.91 Å². The number of benzene rings is 1. The second-order valence-corrected chi connectivity index (χ2v) is 7.72. The minimum atomic E-state index is 0.163. The summed E-state index contributed by atoms with van der Waals surface area (Å²) >= 11 is 0. The Labute approximate surface area is 157 Å². The average Bonchev–Trinajstić information content (AvgIpc) is 2.72. The highest BCUT2D eigenvalue weighted by atomic mass is 16.1. The molecule has 144 valence electrons. The quantitative estimate of drug-likeness (QED) is 0.785. The van der Waals surface area contributed by atoms with Crippen LogP contribution in [0.15, 0.2) is 30.3 Å². The molecule has 0 spiro atoms. The normalized spacial score (nSPS) is 20.7. The van der Waals surface area contributed by atoms with Crippen molar-refractivity contribution in [1.82, 2.24) is 10.2 Å². The molecule has 5 nitrogen and oxygen atoms in total. The van der Waals surface area contributed by atoms with Crippen LogP contribution in [0, 0.1) is 5.92 Å². The number of hydrogen-bond acceptors (Lipinski definition) is 4. The lowest BCUT2D eigenvalue weighted by atomic mass is 9.84. The summed E-state index contributed by atoms with van der Waals surface area (Å²) in [5.41, 5.74) is 7.23. The van der Waals surface area contributed by atoms with Crippen molar-refractivity contribution >= 4 is 11.6 Å². The van der Waals surface area contributed by atoms with E-state index in [4.69, 9.17) is 5.73 Å². The molecule has 0 bridgehead atoms. The van der Waals surface area contributed by atoms with Gasteiger partial charge in [0.05, 0.1) is 0 Å². The number of para-hydroxylation sites is 1. The van der Waals surface area contributed by atoms with E-state index < -0.39 is 0 Å². The van der Waals surface area contributed by atoms with Crippen LogP contribution in [0.2, 0.25) is 0 Å². The number of nitrogens with one attached hydrogen (secondary N) is 1. The highest BCUT2D eigenvalue weighted by molar-refractivity contribution is 5.76. The van der Waals surface area contributed by atoms with Gasteiger partial charge in [0.1, 0.15) is 0 Å². The molecule has 3 N–H and O–H groups in total. The zero-order valence-electron chi connectivity index (χ0n) is 15.9. The summed E-state index contributed by atoms with van der Waals surface area (Å²) in [6, 6.07) is 10.7. The summed E-state index contributed by atoms with van der Waals surface area (Å²) < 4.78 is 0. The van der Waals surface area contributed by atoms with Crippen LogP contribution in [0.4, 0.5) is 5.69 Å². The highest BCUT2D eigenvalue weighted by Gasteiger charge is 2.24. The summed E-state index contributed by atoms with van der Waals surface area (Å²) in [5.74, 6) is 0.739. The van der Waals surface area contributed by atoms with Crippen LogP contribution in [0.25, 0.3) is 0 Å². The second kappa shape index (κ2) is 9.93. The van der Waals surface area contributed by atoms with Gasteiger partial charge in [-0.1, -0.05) is 37.5 Å². The van der Waals surface area contributed by atoms with E-state index in [9.17, 15) is 4.79 Å². The Morgan fingerprint density at radius 2 is 1.77 bits per heavy atom. The first kappa shape index (κ1) is 19.2. The number of anilines is 1. The Hall–Kier alpha value is -1.59. The van der Waals surface area contributed by atoms with Gasteiger partial charge in [-0.2, -0.15) is 0 Å². The predicted molar refractivity (Wildman–Crippen MR) is 107 cm³/mol. The Morgan fingerprint density at radius 3 is 2.42 bits per heavy atom. The van der Waals surface area contributed by atoms with Crippen molar-refractivity contribution in [2.75, 3.05) is 44.2 Å². The largest absolute Gasteiger partial charge is 0.369 e. The average molecular weight is 359 g/mol. The van der Waals surface area contributed by atoms with Gasteiger partial charge in [-0.05, 0) is 30.9 Å². The number of carbonyl (C=O) groups excluding carboxylic acids is 1. The molecule has 5 heteroatoms. The maximum absolute atomic E-state index is 12.4. The standard InChI is InChI=1S/C21H34N4O/c22-17-20(18-7-3-1-4-8-18)23-21(26)11-12-24-13-15-25(16-14-24)19-9-5-2-6-10-19/h2,5-6,9-10,18,20H,1,3-4,7-8,11-17,22H2,(H,23,26). The van der Waals surface area contributed by atoms with Gasteiger partial charge in [0.15, 0.2) is 0 Å². The van der Waals surface area contributed by atoms with Crippen LogP contribution in [-0.2, 0) is 4.79 Å². The van der Waals surface area contributed by atoms with Crippen LogP contribution in [0.3, 0.4) is 0 Å². The number of hydrogen-bond donors (Lipinski definition) is 2. The molecule has 0 radical (unpaired) electrons. The van der Waals surface area contributed by atoms with Crippen LogP contribution < -0.4 is 16.0 Å². The molecule has 2 fully saturated rings. The van der Waals surface area contributed by atoms with Gasteiger partial charge in [-0.25, -0.2) is 0 Å². The molecule has 2 aliphatic rings. The van der Waals surface area contributed by atoms with Crippen molar-refractivity contribution in [3.63, 3.8) is 0 Å². The SMILES string of the molecule is NCC(NC(=O)CCN1CCN(c2ccccc2)CC1)C1CCCCC1. The number of amides is 1. The van der Waals surface area contributed by atoms with E-state index in [1.807, 2.05) is 0 Å². The monoisotopic (exact) mass is 358 g/mol. The summed E-state index contributed by atoms with van der Waals surface area (Å²) in [4.78, 5) is 17.2. The maximum atomic E-state index is 12.4. The molecule has 1 atom stereocenters. The molecule has 1 aliphatic carbocycles. The Morgan fingerprint density at radius 1 is 1.08 bits per heavy atom. The lowest BCUT2D eigenvalue weighted by Gasteiger charge is -2.36. The fraction of sp³-hybridized carbons (Fsp3) is 0.667. The molecular weight excluding hydrogens is 324 g/mol. The van der Waals surface area contributed by atoms with E-state index in [2.05, 4.69) is 45.4 Å². The lowest BCUT2D eigenvalue weighted by molar-refractivity contribution is -0.122. The number of piperazine rings is 1. The molecule has 26 heavy (non-hydrogen) atoms. The van der Waals surface area contributed by atoms with Crippen molar-refractivity contribution in [2.24, 2.45) is 11.7 Å². The number of carbonyl (C=O) groups is 1. The summed E-state index contributed by atoms with van der Waals surface area (Å²) in [6.07, 6.45) is 6.89. The van der Waals surface area contributed by atoms with Crippen molar-refractivity contribution < 1.29 is 4.79 Å². The molecule has 1 aromatic carbocycles. The summed E-state index contributed by atoms with van der Waals surface area (Å²) in [5, 5.41) is 3.21. The van der Waals surface area contributed by atoms with Gasteiger partial charge in [0.25, 0.3) is 0 Å². The zero-order valence-corrected chi connectivity index (χ0v) is 15.9. The summed E-state index contributed by atoms with van der Waals surface area (Å²) in [7, 11) is 0. The van der Waals surface area contributed by atoms with E-state index in [0.717, 1.165) is 32.7 Å². The number of rotatable bonds is 7. The van der Waals surface area contributed by atoms with Gasteiger partial charge in [-0.15, -0.1) is 0 Å². The number of nitrogens with two attached hydrogens (primary N) is 1. The minimum absolute atomic E-state index is 0.163. The van der Waals surface area contributed by atoms with Crippen molar-refractivity contribution in [2.45, 2.75) is 44.6 Å². The van der Waals surface area contributed by atoms with Gasteiger partial charge < -0.3 is 16.0 Å². The first-order chi connectivity index (χ1) is 12.8. The topological polar surface area (TPSA) is 61.6 Å². The smallest absolute Gasteiger partial charge is 0.221 e. The zero-order chi connectivity index (χ0) is 18.2. The van der Waals surface area contributed by atoms with E-state index in [1.165, 1.54) is 37.8 Å². The van der Waals surface area contributed by atoms with E-state index >= 15 is 0 Å². The van der Waals surface area contributed by atoms with E-state index in [1.54, 1.807) is 0 Å². The fourth-order valence-corrected chi connectivity index (χ4v) is 4.31. The molecule has 1 saturated carbocycles. The van der Waals surface area contributed by atoms with Gasteiger partial charge in [-0.3, -0.25) is 9.69 Å². The molecular formula is C21H34N4O. The van der Waals surface area contributed by atoms with Crippen LogP contribution in [0.1, 0.15) is 38.5 Å². The van der Waals surface area contributed by atoms with Gasteiger partial charge in [0, 0.05) is 57.4 Å². The molecule has 1 aliphatic heterocycles. The maximum Gasteiger partial charge on any atom is 0.221 e. The lowest BCUT2D eigenvalue weighted by Crippen LogP contribution is -2.49. The third-order valence-corrected chi connectivity index (χ3v) is 5.97. The Kier molecular flexibility index (Phi) is 7.32. The third kappa shape index (κ3) is 5.45. The van der Waals surface area contributed by atoms with Crippen molar-refractivity contribution in [1.29, 1.82) is 0 Å². The van der Waals surface area contributed by atoms with Gasteiger partial charge >= 0.3 is 0 Å². The van der Waals surface area contributed by atoms with Crippen LogP contribution in [0.5, 0.6) is 0 Å². The first-order valence-electron chi connectivity index (χ1n) is 10.3. The predicted octanol–water partition coefficient (Wildman–Crippen LogP) is 2.22. The van der Waals surface area contributed by atoms with Crippen molar-refractivity contribution in [3.8, 4) is 0 Å². The first-order valence-corrected chi connectivity index (χ1v) is 10.3. The molecule has 1 unspecified atom stereocenters. The fourth-order valence-electron chi connectivity index (χ4n) is 4.31. The highest BCUT2D eigenvalue weighted by Crippen LogP contribution is 2.26. The number of nitrogens with zero attached hydrogens (tertiary/aromatic N) is 2. The Balaban J connectivity index is 1.37. The molecule has 1 heterocycles. The molecule has 3 rings (SSSR count). The van der Waals surface area contributed by atoms with Crippen molar-refractivity contribution in [3.05, 3.63) is 30.3 Å². The molecule has 1 aromatic rings. The van der Waals surface area contributed by atoms with Crippen LogP contribution in [-0.4, -0.2) is 56.1 Å². The van der Waals surface area contributed by atoms with E-state index in [-0.39, 0.29) is 11.9 Å². The molecule has 1 amide bonds. The minimum Gasteiger partial charge on any atom is -0.369 e.